The number of morpholine rings is 1. The van der Waals surface area contributed by atoms with Crippen LogP contribution in [0.3, 0.4) is 0 Å². The van der Waals surface area contributed by atoms with Crippen molar-refractivity contribution in [2.24, 2.45) is 0 Å². The molecule has 3 heterocycles. The third-order valence-electron chi connectivity index (χ3n) is 6.73. The first-order valence-electron chi connectivity index (χ1n) is 13.6. The van der Waals surface area contributed by atoms with Crippen LogP contribution in [0.1, 0.15) is 5.56 Å². The molecule has 0 saturated carbocycles. The van der Waals surface area contributed by atoms with Gasteiger partial charge in [0.2, 0.25) is 5.95 Å². The maximum Gasteiger partial charge on any atom is 0.321 e. The van der Waals surface area contributed by atoms with Crippen molar-refractivity contribution in [3.05, 3.63) is 77.7 Å². The highest BCUT2D eigenvalue weighted by molar-refractivity contribution is 6.33. The summed E-state index contributed by atoms with van der Waals surface area (Å²) >= 11 is 6.51. The Morgan fingerprint density at radius 2 is 1.84 bits per heavy atom. The van der Waals surface area contributed by atoms with Gasteiger partial charge in [-0.1, -0.05) is 23.7 Å². The van der Waals surface area contributed by atoms with Crippen molar-refractivity contribution in [1.82, 2.24) is 19.9 Å². The summed E-state index contributed by atoms with van der Waals surface area (Å²) in [6, 6.07) is 14.5. The normalized spacial score (nSPS) is 12.8. The van der Waals surface area contributed by atoms with Crippen LogP contribution in [0.4, 0.5) is 39.3 Å². The van der Waals surface area contributed by atoms with E-state index < -0.39 is 0 Å². The molecule has 12 nitrogen and oxygen atoms in total. The number of urea groups is 1. The van der Waals surface area contributed by atoms with Crippen molar-refractivity contribution in [3.8, 4) is 11.5 Å². The van der Waals surface area contributed by atoms with E-state index in [4.69, 9.17) is 25.8 Å². The monoisotopic (exact) mass is 604 g/mol. The lowest BCUT2D eigenvalue weighted by molar-refractivity contribution is 0.122. The van der Waals surface area contributed by atoms with Crippen LogP contribution in [0.25, 0.3) is 0 Å². The molecule has 0 unspecified atom stereocenters. The van der Waals surface area contributed by atoms with E-state index in [0.29, 0.717) is 53.7 Å². The number of rotatable bonds is 10. The minimum Gasteiger partial charge on any atom is -0.495 e. The lowest BCUT2D eigenvalue weighted by Crippen LogP contribution is -2.36. The van der Waals surface area contributed by atoms with Crippen LogP contribution in [-0.2, 0) is 11.3 Å². The first-order chi connectivity index (χ1) is 20.9. The number of hydrogen-bond donors (Lipinski definition) is 3. The molecule has 5 rings (SSSR count). The van der Waals surface area contributed by atoms with Gasteiger partial charge in [-0.15, -0.1) is 0 Å². The van der Waals surface area contributed by atoms with Gasteiger partial charge in [-0.25, -0.2) is 9.78 Å². The highest BCUT2D eigenvalue weighted by Gasteiger charge is 2.21. The molecule has 4 aromatic rings. The van der Waals surface area contributed by atoms with Crippen molar-refractivity contribution in [1.29, 1.82) is 0 Å². The number of para-hydroxylation sites is 1. The third-order valence-corrected chi connectivity index (χ3v) is 7.01. The molecule has 0 aliphatic carbocycles. The van der Waals surface area contributed by atoms with Crippen molar-refractivity contribution in [2.75, 3.05) is 68.4 Å². The Hall–Kier alpha value is -4.81. The number of methoxy groups -OCH3 is 2. The summed E-state index contributed by atoms with van der Waals surface area (Å²) < 4.78 is 16.8. The number of halogens is 1. The van der Waals surface area contributed by atoms with E-state index in [0.717, 1.165) is 35.8 Å². The van der Waals surface area contributed by atoms with Crippen LogP contribution in [0, 0.1) is 0 Å². The molecule has 3 N–H and O–H groups in total. The summed E-state index contributed by atoms with van der Waals surface area (Å²) in [5.41, 5.74) is 3.80. The van der Waals surface area contributed by atoms with Gasteiger partial charge in [-0.2, -0.15) is 4.98 Å². The number of hydrogen-bond acceptors (Lipinski definition) is 10. The zero-order valence-corrected chi connectivity index (χ0v) is 24.9. The summed E-state index contributed by atoms with van der Waals surface area (Å²) in [6.07, 6.45) is 4.95. The Labute approximate surface area is 255 Å². The highest BCUT2D eigenvalue weighted by Crippen LogP contribution is 2.39. The number of carbonyl (C=O) groups excluding carboxylic acids is 1. The molecule has 1 saturated heterocycles. The fourth-order valence-electron chi connectivity index (χ4n) is 4.59. The fraction of sp³-hybridized carbons (Fsp3) is 0.267. The molecule has 224 valence electrons. The molecule has 1 aliphatic heterocycles. The van der Waals surface area contributed by atoms with Gasteiger partial charge in [-0.05, 0) is 35.9 Å². The molecule has 43 heavy (non-hydrogen) atoms. The molecular formula is C30H33ClN8O4. The molecule has 2 aromatic heterocycles. The predicted molar refractivity (Wildman–Crippen MR) is 167 cm³/mol. The van der Waals surface area contributed by atoms with Crippen molar-refractivity contribution in [3.63, 3.8) is 0 Å². The Morgan fingerprint density at radius 1 is 1.02 bits per heavy atom. The number of aromatic nitrogens is 3. The second-order valence-electron chi connectivity index (χ2n) is 9.66. The van der Waals surface area contributed by atoms with Crippen LogP contribution in [0.5, 0.6) is 11.5 Å². The van der Waals surface area contributed by atoms with Gasteiger partial charge < -0.3 is 40.0 Å². The number of pyridine rings is 1. The van der Waals surface area contributed by atoms with Crippen LogP contribution >= 0.6 is 11.6 Å². The van der Waals surface area contributed by atoms with Gasteiger partial charge in [0.1, 0.15) is 22.2 Å². The topological polar surface area (TPSA) is 126 Å². The maximum absolute atomic E-state index is 12.8. The fourth-order valence-corrected chi connectivity index (χ4v) is 4.73. The molecule has 2 aromatic carbocycles. The van der Waals surface area contributed by atoms with Gasteiger partial charge in [0.25, 0.3) is 0 Å². The molecule has 2 amide bonds. The van der Waals surface area contributed by atoms with E-state index in [9.17, 15) is 4.79 Å². The zero-order chi connectivity index (χ0) is 30.2. The smallest absolute Gasteiger partial charge is 0.321 e. The van der Waals surface area contributed by atoms with E-state index in [2.05, 4.69) is 35.8 Å². The average molecular weight is 605 g/mol. The highest BCUT2D eigenvalue weighted by atomic mass is 35.5. The van der Waals surface area contributed by atoms with Crippen LogP contribution < -0.4 is 30.3 Å². The van der Waals surface area contributed by atoms with Gasteiger partial charge in [0, 0.05) is 50.8 Å². The van der Waals surface area contributed by atoms with Gasteiger partial charge in [-0.3, -0.25) is 4.98 Å². The lowest BCUT2D eigenvalue weighted by atomic mass is 10.2. The summed E-state index contributed by atoms with van der Waals surface area (Å²) in [5.74, 6) is 1.94. The Kier molecular flexibility index (Phi) is 9.59. The van der Waals surface area contributed by atoms with Crippen molar-refractivity contribution in [2.45, 2.75) is 6.54 Å². The number of nitrogens with zero attached hydrogens (tertiary/aromatic N) is 5. The summed E-state index contributed by atoms with van der Waals surface area (Å²) in [4.78, 5) is 29.6. The quantitative estimate of drug-likeness (QED) is 0.213. The van der Waals surface area contributed by atoms with Crippen molar-refractivity contribution >= 4 is 52.1 Å². The van der Waals surface area contributed by atoms with E-state index in [1.54, 1.807) is 56.8 Å². The van der Waals surface area contributed by atoms with Crippen LogP contribution in [-0.4, -0.2) is 73.5 Å². The largest absolute Gasteiger partial charge is 0.495 e. The first kappa shape index (κ1) is 29.7. The molecule has 1 aliphatic rings. The molecule has 0 radical (unpaired) electrons. The number of ether oxygens (including phenoxy) is 3. The zero-order valence-electron chi connectivity index (χ0n) is 24.1. The van der Waals surface area contributed by atoms with Crippen LogP contribution in [0.15, 0.2) is 67.1 Å². The van der Waals surface area contributed by atoms with Crippen molar-refractivity contribution < 1.29 is 19.0 Å². The Morgan fingerprint density at radius 3 is 2.58 bits per heavy atom. The average Bonchev–Trinajstić information content (AvgIpc) is 3.04. The minimum absolute atomic E-state index is 0.266. The van der Waals surface area contributed by atoms with E-state index in [1.807, 2.05) is 30.3 Å². The molecule has 0 spiro atoms. The maximum atomic E-state index is 12.8. The lowest BCUT2D eigenvalue weighted by Gasteiger charge is -2.31. The number of amides is 2. The van der Waals surface area contributed by atoms with Gasteiger partial charge in [0.05, 0.1) is 45.0 Å². The van der Waals surface area contributed by atoms with Crippen LogP contribution in [0.2, 0.25) is 5.02 Å². The molecule has 0 atom stereocenters. The van der Waals surface area contributed by atoms with E-state index >= 15 is 0 Å². The number of benzene rings is 2. The third kappa shape index (κ3) is 7.34. The Balaban J connectivity index is 1.31. The van der Waals surface area contributed by atoms with Gasteiger partial charge in [0.15, 0.2) is 5.82 Å². The molecule has 1 fully saturated rings. The predicted octanol–water partition coefficient (Wildman–Crippen LogP) is 5.53. The number of carbonyl (C=O) groups is 1. The minimum atomic E-state index is -0.266. The van der Waals surface area contributed by atoms with E-state index in [1.165, 1.54) is 6.20 Å². The van der Waals surface area contributed by atoms with Gasteiger partial charge >= 0.3 is 6.03 Å². The first-order valence-corrected chi connectivity index (χ1v) is 14.0. The summed E-state index contributed by atoms with van der Waals surface area (Å²) in [7, 11) is 4.91. The molecule has 0 bridgehead atoms. The summed E-state index contributed by atoms with van der Waals surface area (Å²) in [6.45, 7) is 3.15. The summed E-state index contributed by atoms with van der Waals surface area (Å²) in [5, 5.41) is 9.78. The van der Waals surface area contributed by atoms with E-state index in [-0.39, 0.29) is 6.03 Å². The molecular weight excluding hydrogens is 572 g/mol. The number of anilines is 6. The number of nitrogens with one attached hydrogen (secondary N) is 3. The Bertz CT molecular complexity index is 1550. The SMILES string of the molecule is COc1cc(NC(=O)N(C)Cc2cccnc2)ccc1Nc1ncc(Cl)c(Nc2cccc(OC)c2N2CCOCC2)n1. The standard InChI is InChI=1S/C30H33ClN8O4/c1-38(19-20-6-5-11-32-17-20)30(40)34-21-9-10-23(26(16-21)42-3)36-29-33-18-22(31)28(37-29)35-24-7-4-8-25(41-2)27(24)39-12-14-43-15-13-39/h4-11,16-18H,12-15,19H2,1-3H3,(H,34,40)(H2,33,35,36,37). The molecule has 13 heteroatoms. The second kappa shape index (κ2) is 13.9. The second-order valence-corrected chi connectivity index (χ2v) is 10.1.